The molecule has 1 aromatic heterocycles. The Morgan fingerprint density at radius 1 is 1.44 bits per heavy atom. The van der Waals surface area contributed by atoms with Crippen LogP contribution in [0.2, 0.25) is 0 Å². The van der Waals surface area contributed by atoms with Crippen LogP contribution in [0.3, 0.4) is 0 Å². The maximum Gasteiger partial charge on any atom is 0.321 e. The number of rotatable bonds is 4. The van der Waals surface area contributed by atoms with Crippen molar-refractivity contribution in [2.24, 2.45) is 0 Å². The summed E-state index contributed by atoms with van der Waals surface area (Å²) in [5.41, 5.74) is 6.07. The van der Waals surface area contributed by atoms with Crippen LogP contribution in [0.5, 0.6) is 0 Å². The van der Waals surface area contributed by atoms with E-state index in [1.807, 2.05) is 0 Å². The number of aromatic nitrogens is 1. The zero-order chi connectivity index (χ0) is 13.0. The molecule has 1 aliphatic carbocycles. The van der Waals surface area contributed by atoms with E-state index >= 15 is 0 Å². The van der Waals surface area contributed by atoms with Crippen molar-refractivity contribution >= 4 is 29.4 Å². The van der Waals surface area contributed by atoms with Crippen LogP contribution in [0.25, 0.3) is 0 Å². The third-order valence-corrected chi connectivity index (χ3v) is 3.22. The van der Waals surface area contributed by atoms with Gasteiger partial charge >= 0.3 is 6.03 Å². The fourth-order valence-corrected chi connectivity index (χ4v) is 1.87. The number of thioether (sulfide) groups is 1. The van der Waals surface area contributed by atoms with Crippen LogP contribution >= 0.6 is 11.8 Å². The summed E-state index contributed by atoms with van der Waals surface area (Å²) in [5.74, 6) is -0.188. The summed E-state index contributed by atoms with van der Waals surface area (Å²) in [6.07, 6.45) is 3.51. The number of urea groups is 1. The Morgan fingerprint density at radius 3 is 2.83 bits per heavy atom. The van der Waals surface area contributed by atoms with E-state index in [1.54, 1.807) is 12.1 Å². The van der Waals surface area contributed by atoms with E-state index in [2.05, 4.69) is 15.6 Å². The van der Waals surface area contributed by atoms with Crippen molar-refractivity contribution in [2.45, 2.75) is 23.9 Å². The molecule has 0 aliphatic heterocycles. The van der Waals surface area contributed by atoms with E-state index < -0.39 is 6.03 Å². The Balaban J connectivity index is 1.70. The molecule has 0 saturated heterocycles. The zero-order valence-corrected chi connectivity index (χ0v) is 10.5. The maximum atomic E-state index is 11.5. The lowest BCUT2D eigenvalue weighted by Crippen LogP contribution is -2.41. The summed E-state index contributed by atoms with van der Waals surface area (Å²) in [5, 5.41) is 5.64. The summed E-state index contributed by atoms with van der Waals surface area (Å²) >= 11 is 1.26. The summed E-state index contributed by atoms with van der Waals surface area (Å²) in [7, 11) is 0. The highest BCUT2D eigenvalue weighted by Crippen LogP contribution is 2.18. The van der Waals surface area contributed by atoms with Gasteiger partial charge in [-0.15, -0.1) is 0 Å². The molecule has 1 heterocycles. The molecule has 0 radical (unpaired) electrons. The van der Waals surface area contributed by atoms with E-state index in [4.69, 9.17) is 5.73 Å². The van der Waals surface area contributed by atoms with Gasteiger partial charge in [0.15, 0.2) is 0 Å². The number of hydrogen-bond donors (Lipinski definition) is 3. The molecule has 18 heavy (non-hydrogen) atoms. The van der Waals surface area contributed by atoms with Crippen LogP contribution in [0.15, 0.2) is 23.4 Å². The predicted octanol–water partition coefficient (Wildman–Crippen LogP) is 0.744. The van der Waals surface area contributed by atoms with Gasteiger partial charge in [-0.2, -0.15) is 0 Å². The first-order chi connectivity index (χ1) is 8.63. The molecule has 0 spiro atoms. The molecule has 6 nitrogen and oxygen atoms in total. The van der Waals surface area contributed by atoms with Crippen LogP contribution in [-0.4, -0.2) is 28.7 Å². The minimum atomic E-state index is -0.423. The molecule has 1 aromatic rings. The molecule has 7 heteroatoms. The van der Waals surface area contributed by atoms with Crippen molar-refractivity contribution in [2.75, 3.05) is 11.5 Å². The second-order valence-electron chi connectivity index (χ2n) is 4.01. The van der Waals surface area contributed by atoms with E-state index in [0.29, 0.717) is 10.7 Å². The highest BCUT2D eigenvalue weighted by molar-refractivity contribution is 7.99. The number of anilines is 1. The third-order valence-electron chi connectivity index (χ3n) is 2.28. The first-order valence-corrected chi connectivity index (χ1v) is 6.57. The quantitative estimate of drug-likeness (QED) is 0.698. The van der Waals surface area contributed by atoms with Crippen LogP contribution in [0.1, 0.15) is 12.8 Å². The van der Waals surface area contributed by atoms with Gasteiger partial charge in [-0.1, -0.05) is 11.8 Å². The number of amides is 3. The van der Waals surface area contributed by atoms with E-state index in [1.165, 1.54) is 18.0 Å². The van der Waals surface area contributed by atoms with Crippen molar-refractivity contribution < 1.29 is 9.59 Å². The van der Waals surface area contributed by atoms with Gasteiger partial charge < -0.3 is 11.1 Å². The van der Waals surface area contributed by atoms with Gasteiger partial charge in [0.25, 0.3) is 0 Å². The molecule has 0 unspecified atom stereocenters. The summed E-state index contributed by atoms with van der Waals surface area (Å²) in [6, 6.07) is 3.27. The standard InChI is InChI=1S/C11H14N4O2S/c12-7-1-4-10(13-5-7)18-6-9(16)15-11(17)14-8-2-3-8/h1,4-5,8H,2-3,6,12H2,(H2,14,15,16,17). The van der Waals surface area contributed by atoms with Crippen LogP contribution in [-0.2, 0) is 4.79 Å². The summed E-state index contributed by atoms with van der Waals surface area (Å²) < 4.78 is 0. The smallest absolute Gasteiger partial charge is 0.321 e. The average Bonchev–Trinajstić information content (AvgIpc) is 3.12. The average molecular weight is 266 g/mol. The van der Waals surface area contributed by atoms with Gasteiger partial charge in [0.2, 0.25) is 5.91 Å². The van der Waals surface area contributed by atoms with Crippen LogP contribution in [0.4, 0.5) is 10.5 Å². The number of carbonyl (C=O) groups excluding carboxylic acids is 2. The fourth-order valence-electron chi connectivity index (χ4n) is 1.23. The van der Waals surface area contributed by atoms with Gasteiger partial charge in [0.05, 0.1) is 22.7 Å². The Morgan fingerprint density at radius 2 is 2.22 bits per heavy atom. The number of nitrogens with two attached hydrogens (primary N) is 1. The number of carbonyl (C=O) groups is 2. The zero-order valence-electron chi connectivity index (χ0n) is 9.68. The van der Waals surface area contributed by atoms with Crippen molar-refractivity contribution in [3.63, 3.8) is 0 Å². The number of nitrogens with one attached hydrogen (secondary N) is 2. The van der Waals surface area contributed by atoms with E-state index in [9.17, 15) is 9.59 Å². The first kappa shape index (κ1) is 12.7. The van der Waals surface area contributed by atoms with Crippen molar-refractivity contribution in [1.29, 1.82) is 0 Å². The minimum absolute atomic E-state index is 0.148. The number of pyridine rings is 1. The Labute approximate surface area is 109 Å². The molecule has 0 aromatic carbocycles. The molecule has 4 N–H and O–H groups in total. The molecule has 1 fully saturated rings. The molecule has 1 aliphatic rings. The van der Waals surface area contributed by atoms with Crippen molar-refractivity contribution in [3.05, 3.63) is 18.3 Å². The van der Waals surface area contributed by atoms with Crippen LogP contribution in [0, 0.1) is 0 Å². The largest absolute Gasteiger partial charge is 0.397 e. The number of nitrogens with zero attached hydrogens (tertiary/aromatic N) is 1. The molecule has 2 rings (SSSR count). The second-order valence-corrected chi connectivity index (χ2v) is 5.01. The number of nitrogen functional groups attached to an aromatic ring is 1. The normalized spacial score (nSPS) is 14.0. The monoisotopic (exact) mass is 266 g/mol. The third kappa shape index (κ3) is 4.25. The second kappa shape index (κ2) is 5.72. The number of hydrogen-bond acceptors (Lipinski definition) is 5. The van der Waals surface area contributed by atoms with Gasteiger partial charge in [0, 0.05) is 6.04 Å². The highest BCUT2D eigenvalue weighted by Gasteiger charge is 2.23. The minimum Gasteiger partial charge on any atom is -0.397 e. The highest BCUT2D eigenvalue weighted by atomic mass is 32.2. The topological polar surface area (TPSA) is 97.1 Å². The van der Waals surface area contributed by atoms with Crippen molar-refractivity contribution in [3.8, 4) is 0 Å². The fraction of sp³-hybridized carbons (Fsp3) is 0.364. The van der Waals surface area contributed by atoms with Gasteiger partial charge in [-0.3, -0.25) is 10.1 Å². The lowest BCUT2D eigenvalue weighted by atomic mass is 10.4. The lowest BCUT2D eigenvalue weighted by Gasteiger charge is -2.05. The van der Waals surface area contributed by atoms with E-state index in [0.717, 1.165) is 12.8 Å². The van der Waals surface area contributed by atoms with Gasteiger partial charge in [0.1, 0.15) is 0 Å². The molecule has 96 valence electrons. The van der Waals surface area contributed by atoms with Gasteiger partial charge in [-0.25, -0.2) is 9.78 Å². The van der Waals surface area contributed by atoms with Crippen LogP contribution < -0.4 is 16.4 Å². The first-order valence-electron chi connectivity index (χ1n) is 5.58. The van der Waals surface area contributed by atoms with Gasteiger partial charge in [-0.05, 0) is 25.0 Å². The molecule has 0 atom stereocenters. The lowest BCUT2D eigenvalue weighted by molar-refractivity contribution is -0.117. The molecule has 0 bridgehead atoms. The molecule has 3 amide bonds. The molecule has 1 saturated carbocycles. The van der Waals surface area contributed by atoms with E-state index in [-0.39, 0.29) is 17.7 Å². The number of imide groups is 1. The predicted molar refractivity (Wildman–Crippen MR) is 69.1 cm³/mol. The molecular formula is C11H14N4O2S. The SMILES string of the molecule is Nc1ccc(SCC(=O)NC(=O)NC2CC2)nc1. The Hall–Kier alpha value is -1.76. The van der Waals surface area contributed by atoms with Crippen molar-refractivity contribution in [1.82, 2.24) is 15.6 Å². The Bertz CT molecular complexity index is 445. The summed E-state index contributed by atoms with van der Waals surface area (Å²) in [4.78, 5) is 26.8. The maximum absolute atomic E-state index is 11.5. The summed E-state index contributed by atoms with van der Waals surface area (Å²) in [6.45, 7) is 0. The molecular weight excluding hydrogens is 252 g/mol. The Kier molecular flexibility index (Phi) is 4.03.